The second-order valence-electron chi connectivity index (χ2n) is 9.15. The molecule has 4 aliphatic rings. The molecule has 0 aliphatic carbocycles. The first kappa shape index (κ1) is 20.9. The molecule has 0 saturated carbocycles. The second-order valence-corrected chi connectivity index (χ2v) is 9.15. The van der Waals surface area contributed by atoms with Crippen LogP contribution in [0, 0.1) is 5.92 Å². The molecule has 5 rings (SSSR count). The van der Waals surface area contributed by atoms with Gasteiger partial charge in [0.1, 0.15) is 0 Å². The van der Waals surface area contributed by atoms with Crippen LogP contribution < -0.4 is 10.2 Å². The lowest BCUT2D eigenvalue weighted by molar-refractivity contribution is -0.168. The molecule has 4 saturated heterocycles. The summed E-state index contributed by atoms with van der Waals surface area (Å²) in [6.07, 6.45) is -2.88. The number of morpholine rings is 1. The number of carbonyl (C=O) groups is 1. The molecule has 0 aromatic heterocycles. The largest absolute Gasteiger partial charge is 0.393 e. The summed E-state index contributed by atoms with van der Waals surface area (Å²) in [5.74, 6) is -0.952. The number of piperidine rings is 1. The molecule has 4 fully saturated rings. The first-order valence-electron chi connectivity index (χ1n) is 11.2. The van der Waals surface area contributed by atoms with Crippen LogP contribution in [0.2, 0.25) is 0 Å². The van der Waals surface area contributed by atoms with Gasteiger partial charge in [-0.15, -0.1) is 0 Å². The number of carbonyl (C=O) groups excluding carboxylic acids is 1. The van der Waals surface area contributed by atoms with Gasteiger partial charge in [0.15, 0.2) is 0 Å². The topological polar surface area (TPSA) is 48.1 Å². The molecule has 0 bridgehead atoms. The summed E-state index contributed by atoms with van der Waals surface area (Å²) in [4.78, 5) is 18.5. The standard InChI is InChI=1S/C22H29F3N4O2/c23-22(24,25)17-5-8-27(13-17)18-3-1-15(2-4-18)16-11-29(12-16)21(30)28-9-6-20-19(14-28)26-7-10-31-20/h1-4,16-17,19-20,26H,5-14H2/t17-,19-,20+/m1/s1. The zero-order valence-electron chi connectivity index (χ0n) is 17.5. The molecule has 1 aromatic rings. The van der Waals surface area contributed by atoms with E-state index in [0.29, 0.717) is 26.2 Å². The van der Waals surface area contributed by atoms with Gasteiger partial charge < -0.3 is 24.8 Å². The molecule has 2 amide bonds. The van der Waals surface area contributed by atoms with Crippen molar-refractivity contribution in [2.24, 2.45) is 5.92 Å². The number of rotatable bonds is 2. The van der Waals surface area contributed by atoms with Gasteiger partial charge in [0.25, 0.3) is 0 Å². The number of benzene rings is 1. The van der Waals surface area contributed by atoms with E-state index in [9.17, 15) is 18.0 Å². The van der Waals surface area contributed by atoms with Gasteiger partial charge in [-0.1, -0.05) is 12.1 Å². The highest BCUT2D eigenvalue weighted by molar-refractivity contribution is 5.76. The monoisotopic (exact) mass is 438 g/mol. The third-order valence-electron chi connectivity index (χ3n) is 7.19. The van der Waals surface area contributed by atoms with Crippen molar-refractivity contribution < 1.29 is 22.7 Å². The molecule has 6 nitrogen and oxygen atoms in total. The smallest absolute Gasteiger partial charge is 0.375 e. The number of likely N-dealkylation sites (tertiary alicyclic amines) is 2. The fourth-order valence-electron chi connectivity index (χ4n) is 5.22. The molecule has 1 N–H and O–H groups in total. The molecule has 170 valence electrons. The van der Waals surface area contributed by atoms with Gasteiger partial charge in [-0.25, -0.2) is 4.79 Å². The van der Waals surface area contributed by atoms with E-state index in [1.54, 1.807) is 0 Å². The van der Waals surface area contributed by atoms with E-state index >= 15 is 0 Å². The van der Waals surface area contributed by atoms with Crippen LogP contribution in [0.5, 0.6) is 0 Å². The first-order chi connectivity index (χ1) is 14.9. The number of halogens is 3. The van der Waals surface area contributed by atoms with Crippen LogP contribution in [0.4, 0.5) is 23.7 Å². The Kier molecular flexibility index (Phi) is 5.50. The number of urea groups is 1. The number of nitrogens with one attached hydrogen (secondary N) is 1. The number of hydrogen-bond acceptors (Lipinski definition) is 4. The van der Waals surface area contributed by atoms with E-state index in [2.05, 4.69) is 5.32 Å². The maximum Gasteiger partial charge on any atom is 0.393 e. The Morgan fingerprint density at radius 3 is 2.48 bits per heavy atom. The Hall–Kier alpha value is -2.00. The van der Waals surface area contributed by atoms with Gasteiger partial charge in [0, 0.05) is 57.4 Å². The van der Waals surface area contributed by atoms with Crippen molar-refractivity contribution in [1.29, 1.82) is 0 Å². The van der Waals surface area contributed by atoms with Crippen LogP contribution in [-0.4, -0.2) is 86.6 Å². The summed E-state index contributed by atoms with van der Waals surface area (Å²) in [5.41, 5.74) is 1.98. The maximum absolute atomic E-state index is 12.9. The van der Waals surface area contributed by atoms with Crippen LogP contribution in [0.15, 0.2) is 24.3 Å². The Labute approximate surface area is 180 Å². The number of amides is 2. The lowest BCUT2D eigenvalue weighted by atomic mass is 9.91. The highest BCUT2D eigenvalue weighted by Gasteiger charge is 2.44. The number of alkyl halides is 3. The SMILES string of the molecule is O=C(N1CC(c2ccc(N3CC[C@@H](C(F)(F)F)C3)cc2)C1)N1CC[C@@H]2OCCN[C@@H]2C1. The lowest BCUT2D eigenvalue weighted by Gasteiger charge is -2.46. The van der Waals surface area contributed by atoms with Gasteiger partial charge >= 0.3 is 12.2 Å². The van der Waals surface area contributed by atoms with Crippen molar-refractivity contribution in [3.63, 3.8) is 0 Å². The quantitative estimate of drug-likeness (QED) is 0.772. The third kappa shape index (κ3) is 4.22. The van der Waals surface area contributed by atoms with E-state index in [1.807, 2.05) is 39.0 Å². The van der Waals surface area contributed by atoms with Gasteiger partial charge in [0.05, 0.1) is 24.7 Å². The van der Waals surface area contributed by atoms with Crippen molar-refractivity contribution >= 4 is 11.7 Å². The van der Waals surface area contributed by atoms with E-state index in [1.165, 1.54) is 0 Å². The van der Waals surface area contributed by atoms with Crippen molar-refractivity contribution in [2.75, 3.05) is 57.3 Å². The van der Waals surface area contributed by atoms with Crippen molar-refractivity contribution in [1.82, 2.24) is 15.1 Å². The molecular formula is C22H29F3N4O2. The van der Waals surface area contributed by atoms with Gasteiger partial charge in [-0.2, -0.15) is 13.2 Å². The summed E-state index contributed by atoms with van der Waals surface area (Å²) in [7, 11) is 0. The summed E-state index contributed by atoms with van der Waals surface area (Å²) >= 11 is 0. The number of hydrogen-bond donors (Lipinski definition) is 1. The molecule has 31 heavy (non-hydrogen) atoms. The van der Waals surface area contributed by atoms with Gasteiger partial charge in [0.2, 0.25) is 0 Å². The summed E-state index contributed by atoms with van der Waals surface area (Å²) < 4.78 is 44.5. The Bertz CT molecular complexity index is 797. The summed E-state index contributed by atoms with van der Waals surface area (Å²) in [5, 5.41) is 3.45. The molecular weight excluding hydrogens is 409 g/mol. The first-order valence-corrected chi connectivity index (χ1v) is 11.2. The fourth-order valence-corrected chi connectivity index (χ4v) is 5.22. The number of anilines is 1. The highest BCUT2D eigenvalue weighted by atomic mass is 19.4. The van der Waals surface area contributed by atoms with E-state index in [0.717, 1.165) is 37.4 Å². The average Bonchev–Trinajstić information content (AvgIpc) is 3.24. The van der Waals surface area contributed by atoms with Crippen molar-refractivity contribution in [3.8, 4) is 0 Å². The van der Waals surface area contributed by atoms with Crippen LogP contribution in [0.3, 0.4) is 0 Å². The number of ether oxygens (including phenoxy) is 1. The highest BCUT2D eigenvalue weighted by Crippen LogP contribution is 2.36. The fraction of sp³-hybridized carbons (Fsp3) is 0.682. The van der Waals surface area contributed by atoms with E-state index < -0.39 is 12.1 Å². The molecule has 0 radical (unpaired) electrons. The minimum absolute atomic E-state index is 0.0339. The Morgan fingerprint density at radius 2 is 1.77 bits per heavy atom. The van der Waals surface area contributed by atoms with Crippen LogP contribution in [0.1, 0.15) is 24.3 Å². The van der Waals surface area contributed by atoms with Gasteiger partial charge in [-0.3, -0.25) is 0 Å². The normalized spacial score (nSPS) is 29.6. The summed E-state index contributed by atoms with van der Waals surface area (Å²) in [6.45, 7) is 4.83. The molecule has 4 heterocycles. The van der Waals surface area contributed by atoms with Crippen molar-refractivity contribution in [2.45, 2.75) is 37.1 Å². The minimum atomic E-state index is -4.12. The van der Waals surface area contributed by atoms with Crippen LogP contribution >= 0.6 is 0 Å². The molecule has 0 unspecified atom stereocenters. The van der Waals surface area contributed by atoms with Crippen LogP contribution in [-0.2, 0) is 4.74 Å². The van der Waals surface area contributed by atoms with Crippen LogP contribution in [0.25, 0.3) is 0 Å². The summed E-state index contributed by atoms with van der Waals surface area (Å²) in [6, 6.07) is 8.14. The van der Waals surface area contributed by atoms with Crippen molar-refractivity contribution in [3.05, 3.63) is 29.8 Å². The zero-order valence-corrected chi connectivity index (χ0v) is 17.5. The van der Waals surface area contributed by atoms with E-state index in [-0.39, 0.29) is 37.1 Å². The minimum Gasteiger partial charge on any atom is -0.375 e. The second kappa shape index (κ2) is 8.16. The number of nitrogens with zero attached hydrogens (tertiary/aromatic N) is 3. The maximum atomic E-state index is 12.9. The van der Waals surface area contributed by atoms with Gasteiger partial charge in [-0.05, 0) is 30.5 Å². The molecule has 9 heteroatoms. The number of fused-ring (bicyclic) bond motifs is 1. The predicted molar refractivity (Wildman–Crippen MR) is 110 cm³/mol. The Morgan fingerprint density at radius 1 is 1.00 bits per heavy atom. The molecule has 0 spiro atoms. The zero-order chi connectivity index (χ0) is 21.6. The predicted octanol–water partition coefficient (Wildman–Crippen LogP) is 2.66. The molecule has 1 aromatic carbocycles. The van der Waals surface area contributed by atoms with E-state index in [4.69, 9.17) is 4.74 Å². The lowest BCUT2D eigenvalue weighted by Crippen LogP contribution is -2.62. The Balaban J connectivity index is 1.12. The average molecular weight is 438 g/mol. The molecule has 4 aliphatic heterocycles. The molecule has 3 atom stereocenters. The third-order valence-corrected chi connectivity index (χ3v) is 7.19.